The lowest BCUT2D eigenvalue weighted by Gasteiger charge is -2.17. The maximum Gasteiger partial charge on any atom is 0.238 e. The first kappa shape index (κ1) is 17.6. The van der Waals surface area contributed by atoms with Crippen molar-refractivity contribution < 1.29 is 13.6 Å². The molecular formula is C17H17BrF2N2O. The first-order valence-electron chi connectivity index (χ1n) is 7.03. The molecule has 0 aliphatic carbocycles. The minimum absolute atomic E-state index is 0.147. The van der Waals surface area contributed by atoms with Gasteiger partial charge in [-0.1, -0.05) is 22.0 Å². The van der Waals surface area contributed by atoms with Crippen LogP contribution in [0.15, 0.2) is 40.9 Å². The molecule has 0 aliphatic rings. The van der Waals surface area contributed by atoms with E-state index in [-0.39, 0.29) is 12.5 Å². The first-order valence-corrected chi connectivity index (χ1v) is 7.83. The standard InChI is InChI=1S/C17H17BrF2N2O/c1-11-7-13(18)4-6-16(11)21-17(23)10-22(2)9-12-3-5-14(19)15(20)8-12/h3-8H,9-10H2,1-2H3,(H,21,23). The molecule has 1 amide bonds. The minimum atomic E-state index is -0.883. The molecule has 0 saturated heterocycles. The van der Waals surface area contributed by atoms with Crippen LogP contribution >= 0.6 is 15.9 Å². The Bertz CT molecular complexity index is 722. The molecule has 0 bridgehead atoms. The predicted octanol–water partition coefficient (Wildman–Crippen LogP) is 4.11. The van der Waals surface area contributed by atoms with Crippen molar-refractivity contribution in [1.82, 2.24) is 4.90 Å². The van der Waals surface area contributed by atoms with Crippen LogP contribution in [0.4, 0.5) is 14.5 Å². The van der Waals surface area contributed by atoms with Crippen LogP contribution in [-0.4, -0.2) is 24.4 Å². The van der Waals surface area contributed by atoms with Crippen LogP contribution in [0.1, 0.15) is 11.1 Å². The molecule has 0 aromatic heterocycles. The van der Waals surface area contributed by atoms with Crippen molar-refractivity contribution >= 4 is 27.5 Å². The van der Waals surface area contributed by atoms with Crippen LogP contribution in [0, 0.1) is 18.6 Å². The molecule has 0 spiro atoms. The second-order valence-electron chi connectivity index (χ2n) is 5.43. The van der Waals surface area contributed by atoms with Gasteiger partial charge in [-0.25, -0.2) is 8.78 Å². The van der Waals surface area contributed by atoms with Crippen molar-refractivity contribution in [2.75, 3.05) is 18.9 Å². The Hall–Kier alpha value is -1.79. The minimum Gasteiger partial charge on any atom is -0.325 e. The third-order valence-electron chi connectivity index (χ3n) is 3.31. The lowest BCUT2D eigenvalue weighted by atomic mass is 10.2. The summed E-state index contributed by atoms with van der Waals surface area (Å²) in [4.78, 5) is 13.8. The molecule has 6 heteroatoms. The zero-order chi connectivity index (χ0) is 17.0. The number of hydrogen-bond donors (Lipinski definition) is 1. The Morgan fingerprint density at radius 3 is 2.57 bits per heavy atom. The topological polar surface area (TPSA) is 32.3 Å². The molecule has 2 aromatic carbocycles. The predicted molar refractivity (Wildman–Crippen MR) is 90.2 cm³/mol. The Balaban J connectivity index is 1.92. The van der Waals surface area contributed by atoms with Crippen LogP contribution < -0.4 is 5.32 Å². The number of aryl methyl sites for hydroxylation is 1. The lowest BCUT2D eigenvalue weighted by Crippen LogP contribution is -2.30. The third kappa shape index (κ3) is 5.11. The summed E-state index contributed by atoms with van der Waals surface area (Å²) in [5, 5.41) is 2.84. The maximum absolute atomic E-state index is 13.2. The number of likely N-dealkylation sites (N-methyl/N-ethyl adjacent to an activating group) is 1. The average Bonchev–Trinajstić information content (AvgIpc) is 2.46. The number of hydrogen-bond acceptors (Lipinski definition) is 2. The Morgan fingerprint density at radius 1 is 1.17 bits per heavy atom. The quantitative estimate of drug-likeness (QED) is 0.843. The Kier molecular flexibility index (Phi) is 5.85. The van der Waals surface area contributed by atoms with Crippen molar-refractivity contribution in [2.45, 2.75) is 13.5 Å². The van der Waals surface area contributed by atoms with Gasteiger partial charge >= 0.3 is 0 Å². The largest absolute Gasteiger partial charge is 0.325 e. The highest BCUT2D eigenvalue weighted by Gasteiger charge is 2.10. The van der Waals surface area contributed by atoms with Crippen molar-refractivity contribution in [3.05, 3.63) is 63.6 Å². The monoisotopic (exact) mass is 382 g/mol. The summed E-state index contributed by atoms with van der Waals surface area (Å²) >= 11 is 3.37. The second-order valence-corrected chi connectivity index (χ2v) is 6.34. The fourth-order valence-electron chi connectivity index (χ4n) is 2.21. The van der Waals surface area contributed by atoms with E-state index in [0.29, 0.717) is 12.1 Å². The molecule has 0 unspecified atom stereocenters. The van der Waals surface area contributed by atoms with Crippen molar-refractivity contribution in [1.29, 1.82) is 0 Å². The molecule has 0 heterocycles. The van der Waals surface area contributed by atoms with Gasteiger partial charge in [0, 0.05) is 16.7 Å². The van der Waals surface area contributed by atoms with Gasteiger partial charge in [0.25, 0.3) is 0 Å². The zero-order valence-electron chi connectivity index (χ0n) is 12.9. The highest BCUT2D eigenvalue weighted by atomic mass is 79.9. The normalized spacial score (nSPS) is 10.9. The molecular weight excluding hydrogens is 366 g/mol. The summed E-state index contributed by atoms with van der Waals surface area (Å²) in [6, 6.07) is 9.33. The lowest BCUT2D eigenvalue weighted by molar-refractivity contribution is -0.117. The molecule has 0 radical (unpaired) electrons. The third-order valence-corrected chi connectivity index (χ3v) is 3.81. The van der Waals surface area contributed by atoms with E-state index in [1.807, 2.05) is 25.1 Å². The molecule has 1 N–H and O–H groups in total. The van der Waals surface area contributed by atoms with Crippen LogP contribution in [0.5, 0.6) is 0 Å². The number of carbonyl (C=O) groups excluding carboxylic acids is 1. The summed E-state index contributed by atoms with van der Waals surface area (Å²) in [5.74, 6) is -1.92. The van der Waals surface area contributed by atoms with E-state index < -0.39 is 11.6 Å². The van der Waals surface area contributed by atoms with Crippen molar-refractivity contribution in [2.24, 2.45) is 0 Å². The fourth-order valence-corrected chi connectivity index (χ4v) is 2.68. The van der Waals surface area contributed by atoms with E-state index in [1.54, 1.807) is 11.9 Å². The summed E-state index contributed by atoms with van der Waals surface area (Å²) in [7, 11) is 1.75. The maximum atomic E-state index is 13.2. The van der Waals surface area contributed by atoms with Crippen LogP contribution in [0.25, 0.3) is 0 Å². The van der Waals surface area contributed by atoms with Gasteiger partial charge in [-0.05, 0) is 55.4 Å². The fraction of sp³-hybridized carbons (Fsp3) is 0.235. The first-order chi connectivity index (χ1) is 10.8. The van der Waals surface area contributed by atoms with E-state index >= 15 is 0 Å². The number of rotatable bonds is 5. The Labute approximate surface area is 142 Å². The van der Waals surface area contributed by atoms with E-state index in [9.17, 15) is 13.6 Å². The number of nitrogens with one attached hydrogen (secondary N) is 1. The van der Waals surface area contributed by atoms with Gasteiger partial charge in [-0.3, -0.25) is 9.69 Å². The molecule has 0 aliphatic heterocycles. The molecule has 0 fully saturated rings. The number of amides is 1. The smallest absolute Gasteiger partial charge is 0.238 e. The molecule has 0 atom stereocenters. The van der Waals surface area contributed by atoms with Gasteiger partial charge in [0.2, 0.25) is 5.91 Å². The molecule has 122 valence electrons. The molecule has 3 nitrogen and oxygen atoms in total. The van der Waals surface area contributed by atoms with Gasteiger partial charge in [-0.2, -0.15) is 0 Å². The van der Waals surface area contributed by atoms with Crippen LogP contribution in [-0.2, 0) is 11.3 Å². The summed E-state index contributed by atoms with van der Waals surface area (Å²) in [6.45, 7) is 2.41. The molecule has 0 saturated carbocycles. The van der Waals surface area contributed by atoms with Gasteiger partial charge in [0.05, 0.1) is 6.54 Å². The van der Waals surface area contributed by atoms with E-state index in [4.69, 9.17) is 0 Å². The van der Waals surface area contributed by atoms with Gasteiger partial charge in [0.1, 0.15) is 0 Å². The van der Waals surface area contributed by atoms with Crippen molar-refractivity contribution in [3.63, 3.8) is 0 Å². The Morgan fingerprint density at radius 2 is 1.91 bits per heavy atom. The average molecular weight is 383 g/mol. The molecule has 2 aromatic rings. The summed E-state index contributed by atoms with van der Waals surface area (Å²) in [5.41, 5.74) is 2.31. The highest BCUT2D eigenvalue weighted by molar-refractivity contribution is 9.10. The van der Waals surface area contributed by atoms with Crippen LogP contribution in [0.2, 0.25) is 0 Å². The summed E-state index contributed by atoms with van der Waals surface area (Å²) in [6.07, 6.45) is 0. The van der Waals surface area contributed by atoms with E-state index in [2.05, 4.69) is 21.2 Å². The van der Waals surface area contributed by atoms with Gasteiger partial charge in [0.15, 0.2) is 11.6 Å². The van der Waals surface area contributed by atoms with Gasteiger partial charge < -0.3 is 5.32 Å². The van der Waals surface area contributed by atoms with E-state index in [1.165, 1.54) is 6.07 Å². The number of anilines is 1. The zero-order valence-corrected chi connectivity index (χ0v) is 14.5. The molecule has 2 rings (SSSR count). The van der Waals surface area contributed by atoms with E-state index in [0.717, 1.165) is 27.9 Å². The summed E-state index contributed by atoms with van der Waals surface area (Å²) < 4.78 is 27.0. The number of benzene rings is 2. The van der Waals surface area contributed by atoms with Crippen LogP contribution in [0.3, 0.4) is 0 Å². The number of nitrogens with zero attached hydrogens (tertiary/aromatic N) is 1. The SMILES string of the molecule is Cc1cc(Br)ccc1NC(=O)CN(C)Cc1ccc(F)c(F)c1. The van der Waals surface area contributed by atoms with Gasteiger partial charge in [-0.15, -0.1) is 0 Å². The van der Waals surface area contributed by atoms with Crippen molar-refractivity contribution in [3.8, 4) is 0 Å². The second kappa shape index (κ2) is 7.66. The highest BCUT2D eigenvalue weighted by Crippen LogP contribution is 2.20. The molecule has 23 heavy (non-hydrogen) atoms. The number of halogens is 3. The number of carbonyl (C=O) groups is 1.